The molecule has 0 saturated heterocycles. The zero-order valence-electron chi connectivity index (χ0n) is 11.9. The number of nitrogens with zero attached hydrogens (tertiary/aromatic N) is 1. The van der Waals surface area contributed by atoms with E-state index in [2.05, 4.69) is 65.6 Å². The number of fused-ring (bicyclic) bond motifs is 7. The Balaban J connectivity index is 2.17. The van der Waals surface area contributed by atoms with Crippen LogP contribution in [-0.2, 0) is 0 Å². The number of para-hydroxylation sites is 2. The van der Waals surface area contributed by atoms with Gasteiger partial charge >= 0.3 is 0 Å². The molecule has 0 radical (unpaired) electrons. The monoisotopic (exact) mass is 281 g/mol. The van der Waals surface area contributed by atoms with Crippen molar-refractivity contribution in [1.82, 2.24) is 4.98 Å². The molecular formula is C20H13N2+. The highest BCUT2D eigenvalue weighted by molar-refractivity contribution is 6.22. The summed E-state index contributed by atoms with van der Waals surface area (Å²) in [6.45, 7) is 0. The van der Waals surface area contributed by atoms with Gasteiger partial charge in [-0.05, 0) is 22.9 Å². The molecule has 4 aromatic carbocycles. The molecule has 0 unspecified atom stereocenters. The lowest BCUT2D eigenvalue weighted by atomic mass is 9.99. The number of H-pyrrole nitrogens is 1. The second-order valence-corrected chi connectivity index (χ2v) is 5.57. The van der Waals surface area contributed by atoms with Gasteiger partial charge in [-0.2, -0.15) is 0 Å². The number of aromatic amines is 1. The van der Waals surface area contributed by atoms with Crippen LogP contribution in [0.25, 0.3) is 43.6 Å². The molecule has 0 aliphatic heterocycles. The van der Waals surface area contributed by atoms with E-state index in [0.717, 1.165) is 22.1 Å². The molecular weight excluding hydrogens is 268 g/mol. The molecule has 2 nitrogen and oxygen atoms in total. The molecule has 22 heavy (non-hydrogen) atoms. The topological polar surface area (TPSA) is 27.0 Å². The fraction of sp³-hybridized carbons (Fsp3) is 0. The first-order valence-corrected chi connectivity index (χ1v) is 7.43. The largest absolute Gasteiger partial charge is 0.238 e. The molecule has 0 amide bonds. The Morgan fingerprint density at radius 1 is 0.591 bits per heavy atom. The molecule has 2 heteroatoms. The van der Waals surface area contributed by atoms with Crippen molar-refractivity contribution in [2.24, 2.45) is 0 Å². The van der Waals surface area contributed by atoms with Crippen LogP contribution < -0.4 is 4.98 Å². The Bertz CT molecular complexity index is 1080. The Morgan fingerprint density at radius 2 is 1.18 bits per heavy atom. The van der Waals surface area contributed by atoms with E-state index >= 15 is 0 Å². The van der Waals surface area contributed by atoms with E-state index in [1.54, 1.807) is 0 Å². The van der Waals surface area contributed by atoms with Crippen LogP contribution in [0.1, 0.15) is 0 Å². The first-order chi connectivity index (χ1) is 10.9. The number of nitrogens with one attached hydrogen (secondary N) is 1. The third-order valence-electron chi connectivity index (χ3n) is 4.30. The van der Waals surface area contributed by atoms with Gasteiger partial charge in [0.25, 0.3) is 0 Å². The van der Waals surface area contributed by atoms with Crippen molar-refractivity contribution >= 4 is 43.6 Å². The SMILES string of the molecule is c1ccc2[nH+]c3c4ccccc4c4ccccc4c3nc2c1. The summed E-state index contributed by atoms with van der Waals surface area (Å²) in [7, 11) is 0. The van der Waals surface area contributed by atoms with Crippen molar-refractivity contribution in [1.29, 1.82) is 0 Å². The lowest BCUT2D eigenvalue weighted by Crippen LogP contribution is -2.08. The number of benzene rings is 4. The fourth-order valence-electron chi connectivity index (χ4n) is 3.30. The molecule has 5 aromatic rings. The van der Waals surface area contributed by atoms with Crippen LogP contribution in [0.4, 0.5) is 0 Å². The van der Waals surface area contributed by atoms with Gasteiger partial charge in [0.05, 0.1) is 5.39 Å². The van der Waals surface area contributed by atoms with Gasteiger partial charge in [-0.1, -0.05) is 54.6 Å². The predicted molar refractivity (Wildman–Crippen MR) is 90.8 cm³/mol. The van der Waals surface area contributed by atoms with Crippen molar-refractivity contribution in [2.45, 2.75) is 0 Å². The summed E-state index contributed by atoms with van der Waals surface area (Å²) >= 11 is 0. The number of hydrogen-bond acceptors (Lipinski definition) is 1. The first kappa shape index (κ1) is 11.6. The van der Waals surface area contributed by atoms with Gasteiger partial charge in [0, 0.05) is 11.5 Å². The summed E-state index contributed by atoms with van der Waals surface area (Å²) in [5, 5.41) is 4.92. The lowest BCUT2D eigenvalue weighted by molar-refractivity contribution is -0.309. The van der Waals surface area contributed by atoms with E-state index in [1.165, 1.54) is 21.5 Å². The average Bonchev–Trinajstić information content (AvgIpc) is 2.61. The lowest BCUT2D eigenvalue weighted by Gasteiger charge is -2.06. The standard InChI is InChI=1S/C20H12N2/c1-3-9-15-13(7-1)14-8-2-4-10-16(14)20-19(15)21-17-11-5-6-12-18(17)22-20/h1-12H/p+1. The second kappa shape index (κ2) is 4.25. The molecule has 0 bridgehead atoms. The van der Waals surface area contributed by atoms with Crippen molar-refractivity contribution in [3.63, 3.8) is 0 Å². The van der Waals surface area contributed by atoms with E-state index in [4.69, 9.17) is 4.98 Å². The van der Waals surface area contributed by atoms with Crippen LogP contribution in [0.3, 0.4) is 0 Å². The Labute approximate surface area is 127 Å². The smallest absolute Gasteiger partial charge is 0.234 e. The zero-order chi connectivity index (χ0) is 14.5. The molecule has 1 N–H and O–H groups in total. The van der Waals surface area contributed by atoms with Gasteiger partial charge < -0.3 is 0 Å². The number of rotatable bonds is 0. The van der Waals surface area contributed by atoms with Gasteiger partial charge in [-0.25, -0.2) is 9.97 Å². The molecule has 0 saturated carbocycles. The van der Waals surface area contributed by atoms with Gasteiger partial charge in [-0.3, -0.25) is 0 Å². The molecule has 1 aromatic heterocycles. The molecule has 0 fully saturated rings. The normalized spacial score (nSPS) is 11.6. The molecule has 0 aliphatic rings. The molecule has 0 atom stereocenters. The molecule has 102 valence electrons. The summed E-state index contributed by atoms with van der Waals surface area (Å²) in [6.07, 6.45) is 0. The van der Waals surface area contributed by atoms with Crippen molar-refractivity contribution in [3.8, 4) is 0 Å². The summed E-state index contributed by atoms with van der Waals surface area (Å²) in [5.74, 6) is 0. The maximum absolute atomic E-state index is 4.92. The maximum Gasteiger partial charge on any atom is 0.238 e. The minimum absolute atomic E-state index is 0.996. The Morgan fingerprint density at radius 3 is 2.00 bits per heavy atom. The van der Waals surface area contributed by atoms with Gasteiger partial charge in [-0.15, -0.1) is 0 Å². The van der Waals surface area contributed by atoms with Gasteiger partial charge in [0.1, 0.15) is 11.0 Å². The van der Waals surface area contributed by atoms with E-state index in [1.807, 2.05) is 12.1 Å². The Kier molecular flexibility index (Phi) is 2.25. The summed E-state index contributed by atoms with van der Waals surface area (Å²) in [5.41, 5.74) is 4.20. The maximum atomic E-state index is 4.92. The number of hydrogen-bond donors (Lipinski definition) is 0. The fourth-order valence-corrected chi connectivity index (χ4v) is 3.30. The van der Waals surface area contributed by atoms with Crippen molar-refractivity contribution < 1.29 is 4.98 Å². The minimum atomic E-state index is 0.996. The summed E-state index contributed by atoms with van der Waals surface area (Å²) in [4.78, 5) is 8.51. The highest BCUT2D eigenvalue weighted by Crippen LogP contribution is 2.32. The van der Waals surface area contributed by atoms with Crippen LogP contribution in [0.5, 0.6) is 0 Å². The second-order valence-electron chi connectivity index (χ2n) is 5.57. The van der Waals surface area contributed by atoms with Gasteiger partial charge in [0.15, 0.2) is 0 Å². The summed E-state index contributed by atoms with van der Waals surface area (Å²) < 4.78 is 0. The summed E-state index contributed by atoms with van der Waals surface area (Å²) in [6, 6.07) is 25.2. The molecule has 5 rings (SSSR count). The minimum Gasteiger partial charge on any atom is -0.234 e. The van der Waals surface area contributed by atoms with E-state index in [-0.39, 0.29) is 0 Å². The van der Waals surface area contributed by atoms with Crippen LogP contribution >= 0.6 is 0 Å². The highest BCUT2D eigenvalue weighted by Gasteiger charge is 2.15. The van der Waals surface area contributed by atoms with E-state index in [0.29, 0.717) is 0 Å². The molecule has 0 spiro atoms. The van der Waals surface area contributed by atoms with Crippen molar-refractivity contribution in [2.75, 3.05) is 0 Å². The Hall–Kier alpha value is -3.00. The third kappa shape index (κ3) is 1.49. The van der Waals surface area contributed by atoms with Crippen LogP contribution in [0.15, 0.2) is 72.8 Å². The van der Waals surface area contributed by atoms with Crippen LogP contribution in [-0.4, -0.2) is 4.98 Å². The molecule has 1 heterocycles. The quantitative estimate of drug-likeness (QED) is 0.303. The molecule has 0 aliphatic carbocycles. The average molecular weight is 281 g/mol. The van der Waals surface area contributed by atoms with E-state index in [9.17, 15) is 0 Å². The van der Waals surface area contributed by atoms with Crippen LogP contribution in [0.2, 0.25) is 0 Å². The zero-order valence-corrected chi connectivity index (χ0v) is 11.9. The third-order valence-corrected chi connectivity index (χ3v) is 4.30. The predicted octanol–water partition coefficient (Wildman–Crippen LogP) is 4.51. The van der Waals surface area contributed by atoms with E-state index < -0.39 is 0 Å². The highest BCUT2D eigenvalue weighted by atomic mass is 14.8. The van der Waals surface area contributed by atoms with Crippen molar-refractivity contribution in [3.05, 3.63) is 72.8 Å². The first-order valence-electron chi connectivity index (χ1n) is 7.43. The van der Waals surface area contributed by atoms with Gasteiger partial charge in [0.2, 0.25) is 11.0 Å². The number of aromatic nitrogens is 2. The van der Waals surface area contributed by atoms with Crippen LogP contribution in [0, 0.1) is 0 Å².